The van der Waals surface area contributed by atoms with E-state index in [1.807, 2.05) is 12.1 Å². The summed E-state index contributed by atoms with van der Waals surface area (Å²) in [6.45, 7) is -1.35. The molecule has 6 fully saturated rings. The molecule has 7 nitrogen and oxygen atoms in total. The Morgan fingerprint density at radius 3 is 2.52 bits per heavy atom. The molecule has 5 saturated carbocycles. The molecule has 40 heavy (non-hydrogen) atoms. The van der Waals surface area contributed by atoms with Gasteiger partial charge in [0.2, 0.25) is 0 Å². The Morgan fingerprint density at radius 2 is 1.88 bits per heavy atom. The second-order valence-electron chi connectivity index (χ2n) is 13.1. The van der Waals surface area contributed by atoms with Crippen LogP contribution in [0.15, 0.2) is 17.2 Å². The summed E-state index contributed by atoms with van der Waals surface area (Å²) < 4.78 is 31.7. The van der Waals surface area contributed by atoms with Crippen LogP contribution in [0.4, 0.5) is 8.78 Å². The van der Waals surface area contributed by atoms with Crippen LogP contribution in [0.3, 0.4) is 0 Å². The Bertz CT molecular complexity index is 1090. The molecule has 7 rings (SSSR count). The van der Waals surface area contributed by atoms with Gasteiger partial charge in [0.05, 0.1) is 17.6 Å². The van der Waals surface area contributed by atoms with E-state index in [0.29, 0.717) is 47.6 Å². The van der Waals surface area contributed by atoms with Crippen molar-refractivity contribution in [2.45, 2.75) is 117 Å². The quantitative estimate of drug-likeness (QED) is 0.355. The van der Waals surface area contributed by atoms with E-state index in [9.17, 15) is 23.5 Å². The van der Waals surface area contributed by atoms with Crippen molar-refractivity contribution in [2.75, 3.05) is 13.1 Å². The van der Waals surface area contributed by atoms with Gasteiger partial charge in [0.25, 0.3) is 5.91 Å². The van der Waals surface area contributed by atoms with Crippen molar-refractivity contribution in [1.29, 1.82) is 0 Å². The Kier molecular flexibility index (Phi) is 8.13. The van der Waals surface area contributed by atoms with Crippen LogP contribution in [-0.4, -0.2) is 58.6 Å². The van der Waals surface area contributed by atoms with Crippen molar-refractivity contribution >= 4 is 23.6 Å². The van der Waals surface area contributed by atoms with E-state index in [1.165, 1.54) is 19.3 Å². The fraction of sp³-hybridized carbons (Fsp3) is 0.767. The Morgan fingerprint density at radius 1 is 1.12 bits per heavy atom. The molecule has 0 radical (unpaired) electrons. The van der Waals surface area contributed by atoms with Gasteiger partial charge in [0, 0.05) is 28.9 Å². The number of nitrogens with zero attached hydrogens (tertiary/aromatic N) is 1. The predicted molar refractivity (Wildman–Crippen MR) is 148 cm³/mol. The first-order valence-corrected chi connectivity index (χ1v) is 16.0. The smallest absolute Gasteiger partial charge is 0.345 e. The third-order valence-electron chi connectivity index (χ3n) is 10.3. The van der Waals surface area contributed by atoms with Crippen molar-refractivity contribution in [3.8, 4) is 0 Å². The lowest BCUT2D eigenvalue weighted by Gasteiger charge is -2.59. The summed E-state index contributed by atoms with van der Waals surface area (Å²) in [7, 11) is 0. The standard InChI is InChI=1S/C30H41F2N3O4S/c31-28(32)39-30-13-18-11-19(14-30)25(20(12-18)15-30)35-26(38)22-7-8-23(29(16-24(36)37)9-4-10-33-17-29)34-27(22)40-21-5-2-1-3-6-21/h7-8,18-21,25,28,33H,1-6,9-17H2,(H,35,38)(H,36,37)/t18?,19?,20?,25?,29-,30?/m0/s1. The number of hydrogen-bond donors (Lipinski definition) is 3. The van der Waals surface area contributed by atoms with E-state index < -0.39 is 23.6 Å². The summed E-state index contributed by atoms with van der Waals surface area (Å²) >= 11 is 1.67. The molecule has 1 aromatic heterocycles. The number of piperidine rings is 1. The summed E-state index contributed by atoms with van der Waals surface area (Å²) in [5, 5.41) is 17.5. The van der Waals surface area contributed by atoms with Crippen molar-refractivity contribution in [1.82, 2.24) is 15.6 Å². The van der Waals surface area contributed by atoms with Gasteiger partial charge in [-0.2, -0.15) is 8.78 Å². The maximum atomic E-state index is 13.9. The van der Waals surface area contributed by atoms with Gasteiger partial charge in [-0.3, -0.25) is 9.59 Å². The number of thioether (sulfide) groups is 1. The molecule has 2 unspecified atom stereocenters. The van der Waals surface area contributed by atoms with E-state index in [0.717, 1.165) is 50.8 Å². The summed E-state index contributed by atoms with van der Waals surface area (Å²) in [5.41, 5.74) is -0.0519. The number of pyridine rings is 1. The van der Waals surface area contributed by atoms with E-state index in [4.69, 9.17) is 9.72 Å². The fourth-order valence-corrected chi connectivity index (χ4v) is 10.1. The number of aromatic nitrogens is 1. The minimum absolute atomic E-state index is 0.00111. The molecule has 6 aliphatic rings. The number of hydrogen-bond acceptors (Lipinski definition) is 6. The van der Waals surface area contributed by atoms with Crippen LogP contribution in [0.1, 0.15) is 99.5 Å². The zero-order valence-electron chi connectivity index (χ0n) is 23.0. The van der Waals surface area contributed by atoms with Crippen LogP contribution >= 0.6 is 11.8 Å². The van der Waals surface area contributed by atoms with Crippen LogP contribution in [0.2, 0.25) is 0 Å². The van der Waals surface area contributed by atoms with Crippen molar-refractivity contribution in [3.05, 3.63) is 23.4 Å². The summed E-state index contributed by atoms with van der Waals surface area (Å²) in [4.78, 5) is 30.8. The Labute approximate surface area is 239 Å². The highest BCUT2D eigenvalue weighted by Gasteiger charge is 2.57. The van der Waals surface area contributed by atoms with Crippen molar-refractivity contribution < 1.29 is 28.2 Å². The van der Waals surface area contributed by atoms with Crippen LogP contribution in [-0.2, 0) is 14.9 Å². The molecule has 1 aromatic rings. The van der Waals surface area contributed by atoms with Crippen molar-refractivity contribution in [2.24, 2.45) is 17.8 Å². The second-order valence-corrected chi connectivity index (χ2v) is 14.4. The number of carbonyl (C=O) groups is 2. The molecule has 0 spiro atoms. The number of nitrogens with one attached hydrogen (secondary N) is 2. The first-order valence-electron chi connectivity index (χ1n) is 15.1. The van der Waals surface area contributed by atoms with Gasteiger partial charge in [-0.25, -0.2) is 4.98 Å². The van der Waals surface area contributed by atoms with Gasteiger partial charge in [-0.1, -0.05) is 19.3 Å². The molecular weight excluding hydrogens is 536 g/mol. The fourth-order valence-electron chi connectivity index (χ4n) is 8.80. The number of carboxylic acids is 1. The van der Waals surface area contributed by atoms with E-state index in [1.54, 1.807) is 11.8 Å². The first-order chi connectivity index (χ1) is 19.2. The van der Waals surface area contributed by atoms with Crippen molar-refractivity contribution in [3.63, 3.8) is 0 Å². The van der Waals surface area contributed by atoms with Gasteiger partial charge in [0.15, 0.2) is 0 Å². The van der Waals surface area contributed by atoms with Crippen LogP contribution in [0, 0.1) is 17.8 Å². The van der Waals surface area contributed by atoms with Gasteiger partial charge in [-0.15, -0.1) is 11.8 Å². The highest BCUT2D eigenvalue weighted by Crippen LogP contribution is 2.57. The zero-order valence-corrected chi connectivity index (χ0v) is 23.8. The summed E-state index contributed by atoms with van der Waals surface area (Å²) in [5.74, 6) is -0.333. The maximum absolute atomic E-state index is 13.9. The van der Waals surface area contributed by atoms with Crippen LogP contribution in [0.5, 0.6) is 0 Å². The highest BCUT2D eigenvalue weighted by atomic mass is 32.2. The van der Waals surface area contributed by atoms with Gasteiger partial charge in [-0.05, 0) is 94.2 Å². The number of aliphatic carboxylic acids is 1. The highest BCUT2D eigenvalue weighted by molar-refractivity contribution is 7.99. The third kappa shape index (κ3) is 5.77. The lowest BCUT2D eigenvalue weighted by atomic mass is 9.52. The molecule has 5 aliphatic carbocycles. The molecule has 4 bridgehead atoms. The molecule has 1 saturated heterocycles. The monoisotopic (exact) mass is 577 g/mol. The number of halogens is 2. The molecular formula is C30H41F2N3O4S. The molecule has 2 heterocycles. The Balaban J connectivity index is 1.26. The Hall–Kier alpha value is -1.78. The van der Waals surface area contributed by atoms with Gasteiger partial charge >= 0.3 is 12.6 Å². The van der Waals surface area contributed by atoms with E-state index in [2.05, 4.69) is 10.6 Å². The first kappa shape index (κ1) is 28.3. The minimum Gasteiger partial charge on any atom is -0.481 e. The van der Waals surface area contributed by atoms with E-state index in [-0.39, 0.29) is 30.2 Å². The molecule has 3 atom stereocenters. The second kappa shape index (κ2) is 11.5. The van der Waals surface area contributed by atoms with Crippen LogP contribution in [0.25, 0.3) is 0 Å². The lowest BCUT2D eigenvalue weighted by Crippen LogP contribution is -2.62. The average Bonchev–Trinajstić information content (AvgIpc) is 2.90. The molecule has 220 valence electrons. The number of carboxylic acid groups (broad SMARTS) is 1. The minimum atomic E-state index is -2.77. The van der Waals surface area contributed by atoms with Gasteiger partial charge in [0.1, 0.15) is 5.03 Å². The van der Waals surface area contributed by atoms with Crippen LogP contribution < -0.4 is 10.6 Å². The van der Waals surface area contributed by atoms with Gasteiger partial charge < -0.3 is 20.5 Å². The normalized spacial score (nSPS) is 35.7. The number of alkyl halides is 2. The van der Waals surface area contributed by atoms with E-state index >= 15 is 0 Å². The topological polar surface area (TPSA) is 101 Å². The summed E-state index contributed by atoms with van der Waals surface area (Å²) in [6.07, 6.45) is 11.1. The molecule has 1 amide bonds. The maximum Gasteiger partial charge on any atom is 0.345 e. The number of amides is 1. The number of rotatable bonds is 9. The molecule has 10 heteroatoms. The number of ether oxygens (including phenoxy) is 1. The third-order valence-corrected chi connectivity index (χ3v) is 11.6. The average molecular weight is 578 g/mol. The predicted octanol–water partition coefficient (Wildman–Crippen LogP) is 5.52. The number of carbonyl (C=O) groups excluding carboxylic acids is 1. The molecule has 1 aliphatic heterocycles. The molecule has 3 N–H and O–H groups in total. The lowest BCUT2D eigenvalue weighted by molar-refractivity contribution is -0.260. The largest absolute Gasteiger partial charge is 0.481 e. The summed E-state index contributed by atoms with van der Waals surface area (Å²) in [6, 6.07) is 3.66. The molecule has 0 aromatic carbocycles. The SMILES string of the molecule is O=C(O)C[C@@]1(c2ccc(C(=O)NC3C4CC5CC3CC(OC(F)F)(C5)C4)c(SC3CCCCC3)n2)CCCNC1. The zero-order chi connectivity index (χ0) is 27.9.